The molecule has 0 aliphatic carbocycles. The van der Waals surface area contributed by atoms with Crippen LogP contribution in [0.5, 0.6) is 0 Å². The minimum atomic E-state index is -1.03. The van der Waals surface area contributed by atoms with Crippen LogP contribution in [-0.2, 0) is 4.74 Å². The predicted molar refractivity (Wildman–Crippen MR) is 56.6 cm³/mol. The molecular formula is C11H13NO3. The summed E-state index contributed by atoms with van der Waals surface area (Å²) in [7, 11) is 0. The maximum Gasteiger partial charge on any atom is 0.355 e. The van der Waals surface area contributed by atoms with E-state index in [1.165, 1.54) is 12.5 Å². The number of pyridine rings is 1. The average Bonchev–Trinajstić information content (AvgIpc) is 2.20. The Morgan fingerprint density at radius 3 is 3.00 bits per heavy atom. The molecule has 0 aromatic carbocycles. The zero-order chi connectivity index (χ0) is 11.3. The van der Waals surface area contributed by atoms with Crippen molar-refractivity contribution < 1.29 is 14.6 Å². The van der Waals surface area contributed by atoms with Gasteiger partial charge in [0, 0.05) is 11.8 Å². The van der Waals surface area contributed by atoms with Gasteiger partial charge < -0.3 is 9.84 Å². The summed E-state index contributed by atoms with van der Waals surface area (Å²) in [5, 5.41) is 8.91. The molecule has 15 heavy (non-hydrogen) atoms. The molecule has 4 nitrogen and oxygen atoms in total. The molecule has 0 amide bonds. The van der Waals surface area contributed by atoms with Crippen molar-refractivity contribution >= 4 is 12.0 Å². The van der Waals surface area contributed by atoms with Gasteiger partial charge in [-0.15, -0.1) is 0 Å². The van der Waals surface area contributed by atoms with E-state index in [0.717, 1.165) is 5.56 Å². The number of aromatic carboxylic acids is 1. The van der Waals surface area contributed by atoms with Gasteiger partial charge in [0.25, 0.3) is 0 Å². The van der Waals surface area contributed by atoms with Crippen molar-refractivity contribution in [1.82, 2.24) is 4.98 Å². The summed E-state index contributed by atoms with van der Waals surface area (Å²) in [5.41, 5.74) is 1.49. The number of aryl methyl sites for hydroxylation is 1. The first-order valence-electron chi connectivity index (χ1n) is 4.64. The molecule has 1 heterocycles. The maximum absolute atomic E-state index is 10.9. The topological polar surface area (TPSA) is 59.4 Å². The highest BCUT2D eigenvalue weighted by molar-refractivity contribution is 5.90. The predicted octanol–water partition coefficient (Wildman–Crippen LogP) is 2.10. The smallest absolute Gasteiger partial charge is 0.355 e. The van der Waals surface area contributed by atoms with Crippen molar-refractivity contribution in [2.24, 2.45) is 0 Å². The van der Waals surface area contributed by atoms with E-state index in [9.17, 15) is 4.79 Å². The standard InChI is InChI=1S/C11H13NO3/c1-3-15-7-5-9-8(2)4-6-12-10(9)11(13)14/h4-7H,3H2,1-2H3,(H,13,14)/b7-5+. The number of carboxylic acids is 1. The van der Waals surface area contributed by atoms with E-state index in [1.807, 2.05) is 13.8 Å². The number of ether oxygens (including phenoxy) is 1. The lowest BCUT2D eigenvalue weighted by atomic mass is 10.1. The zero-order valence-corrected chi connectivity index (χ0v) is 8.73. The molecule has 0 bridgehead atoms. The van der Waals surface area contributed by atoms with Gasteiger partial charge in [-0.3, -0.25) is 0 Å². The van der Waals surface area contributed by atoms with Crippen LogP contribution in [0.4, 0.5) is 0 Å². The molecule has 1 aromatic heterocycles. The second-order valence-electron chi connectivity index (χ2n) is 2.95. The summed E-state index contributed by atoms with van der Waals surface area (Å²) in [6, 6.07) is 1.76. The third-order valence-electron chi connectivity index (χ3n) is 1.91. The van der Waals surface area contributed by atoms with E-state index in [4.69, 9.17) is 9.84 Å². The van der Waals surface area contributed by atoms with Crippen molar-refractivity contribution in [1.29, 1.82) is 0 Å². The monoisotopic (exact) mass is 207 g/mol. The molecule has 1 rings (SSSR count). The van der Waals surface area contributed by atoms with Gasteiger partial charge in [-0.25, -0.2) is 9.78 Å². The second kappa shape index (κ2) is 5.14. The second-order valence-corrected chi connectivity index (χ2v) is 2.95. The van der Waals surface area contributed by atoms with Crippen molar-refractivity contribution in [3.05, 3.63) is 35.3 Å². The molecule has 1 aromatic rings. The molecule has 0 unspecified atom stereocenters. The Hall–Kier alpha value is -1.84. The van der Waals surface area contributed by atoms with Gasteiger partial charge in [0.2, 0.25) is 0 Å². The zero-order valence-electron chi connectivity index (χ0n) is 8.73. The van der Waals surface area contributed by atoms with Gasteiger partial charge in [-0.2, -0.15) is 0 Å². The minimum Gasteiger partial charge on any atom is -0.501 e. The highest BCUT2D eigenvalue weighted by Crippen LogP contribution is 2.13. The van der Waals surface area contributed by atoms with E-state index in [2.05, 4.69) is 4.98 Å². The molecule has 4 heteroatoms. The molecule has 0 atom stereocenters. The van der Waals surface area contributed by atoms with Crippen LogP contribution >= 0.6 is 0 Å². The van der Waals surface area contributed by atoms with Gasteiger partial charge in [0.15, 0.2) is 5.69 Å². The Labute approximate surface area is 88.2 Å². The lowest BCUT2D eigenvalue weighted by molar-refractivity contribution is 0.0690. The first-order chi connectivity index (χ1) is 7.16. The third kappa shape index (κ3) is 2.80. The summed E-state index contributed by atoms with van der Waals surface area (Å²) in [6.07, 6.45) is 4.59. The molecular weight excluding hydrogens is 194 g/mol. The molecule has 0 aliphatic rings. The van der Waals surface area contributed by atoms with Crippen LogP contribution in [0.15, 0.2) is 18.5 Å². The van der Waals surface area contributed by atoms with Crippen molar-refractivity contribution in [2.45, 2.75) is 13.8 Å². The van der Waals surface area contributed by atoms with Crippen LogP contribution < -0.4 is 0 Å². The quantitative estimate of drug-likeness (QED) is 0.768. The molecule has 0 saturated carbocycles. The van der Waals surface area contributed by atoms with E-state index in [-0.39, 0.29) is 5.69 Å². The number of nitrogens with zero attached hydrogens (tertiary/aromatic N) is 1. The molecule has 1 N–H and O–H groups in total. The van der Waals surface area contributed by atoms with Crippen molar-refractivity contribution in [2.75, 3.05) is 6.61 Å². The number of hydrogen-bond donors (Lipinski definition) is 1. The molecule has 80 valence electrons. The average molecular weight is 207 g/mol. The van der Waals surface area contributed by atoms with Crippen LogP contribution in [0.1, 0.15) is 28.5 Å². The number of rotatable bonds is 4. The van der Waals surface area contributed by atoms with Gasteiger partial charge in [0.1, 0.15) is 0 Å². The number of carboxylic acid groups (broad SMARTS) is 1. The van der Waals surface area contributed by atoms with Crippen molar-refractivity contribution in [3.8, 4) is 0 Å². The fourth-order valence-corrected chi connectivity index (χ4v) is 1.16. The van der Waals surface area contributed by atoms with E-state index in [1.54, 1.807) is 12.1 Å². The van der Waals surface area contributed by atoms with Gasteiger partial charge >= 0.3 is 5.97 Å². The Morgan fingerprint density at radius 1 is 1.67 bits per heavy atom. The molecule has 0 saturated heterocycles. The number of aromatic nitrogens is 1. The molecule has 0 fully saturated rings. The lowest BCUT2D eigenvalue weighted by Gasteiger charge is -2.03. The number of hydrogen-bond acceptors (Lipinski definition) is 3. The van der Waals surface area contributed by atoms with Crippen LogP contribution in [0, 0.1) is 6.92 Å². The normalized spacial score (nSPS) is 10.5. The van der Waals surface area contributed by atoms with E-state index < -0.39 is 5.97 Å². The first-order valence-corrected chi connectivity index (χ1v) is 4.64. The summed E-state index contributed by atoms with van der Waals surface area (Å²) in [4.78, 5) is 14.7. The van der Waals surface area contributed by atoms with Gasteiger partial charge in [0.05, 0.1) is 12.9 Å². The van der Waals surface area contributed by atoms with Crippen LogP contribution in [0.25, 0.3) is 6.08 Å². The fourth-order valence-electron chi connectivity index (χ4n) is 1.16. The Kier molecular flexibility index (Phi) is 3.85. The summed E-state index contributed by atoms with van der Waals surface area (Å²) in [6.45, 7) is 4.25. The largest absolute Gasteiger partial charge is 0.501 e. The molecule has 0 aliphatic heterocycles. The Bertz CT molecular complexity index is 385. The summed E-state index contributed by atoms with van der Waals surface area (Å²) in [5.74, 6) is -1.03. The van der Waals surface area contributed by atoms with Gasteiger partial charge in [-0.1, -0.05) is 0 Å². The third-order valence-corrected chi connectivity index (χ3v) is 1.91. The minimum absolute atomic E-state index is 0.0472. The number of carbonyl (C=O) groups is 1. The van der Waals surface area contributed by atoms with Crippen LogP contribution in [0.2, 0.25) is 0 Å². The van der Waals surface area contributed by atoms with E-state index in [0.29, 0.717) is 12.2 Å². The maximum atomic E-state index is 10.9. The summed E-state index contributed by atoms with van der Waals surface area (Å²) < 4.78 is 5.03. The van der Waals surface area contributed by atoms with E-state index >= 15 is 0 Å². The SMILES string of the molecule is CCO/C=C/c1c(C)ccnc1C(=O)O. The lowest BCUT2D eigenvalue weighted by Crippen LogP contribution is -2.04. The highest BCUT2D eigenvalue weighted by Gasteiger charge is 2.10. The van der Waals surface area contributed by atoms with Gasteiger partial charge in [-0.05, 0) is 31.6 Å². The van der Waals surface area contributed by atoms with Crippen LogP contribution in [0.3, 0.4) is 0 Å². The first kappa shape index (κ1) is 11.2. The molecule has 0 radical (unpaired) electrons. The molecule has 0 spiro atoms. The van der Waals surface area contributed by atoms with Crippen molar-refractivity contribution in [3.63, 3.8) is 0 Å². The highest BCUT2D eigenvalue weighted by atomic mass is 16.5. The Balaban J connectivity index is 3.07. The van der Waals surface area contributed by atoms with Crippen LogP contribution in [-0.4, -0.2) is 22.7 Å². The fraction of sp³-hybridized carbons (Fsp3) is 0.273. The Morgan fingerprint density at radius 2 is 2.40 bits per heavy atom. The summed E-state index contributed by atoms with van der Waals surface area (Å²) >= 11 is 0.